The highest BCUT2D eigenvalue weighted by Gasteiger charge is 2.24. The summed E-state index contributed by atoms with van der Waals surface area (Å²) in [6.07, 6.45) is 9.21. The molecule has 0 radical (unpaired) electrons. The van der Waals surface area contributed by atoms with E-state index in [1.807, 2.05) is 0 Å². The monoisotopic (exact) mass is 464 g/mol. The normalized spacial score (nSPS) is 18.0. The number of H-pyrrole nitrogens is 1. The number of nitrogens with one attached hydrogen (secondary N) is 1. The molecule has 0 bridgehead atoms. The summed E-state index contributed by atoms with van der Waals surface area (Å²) in [6.45, 7) is 0. The minimum absolute atomic E-state index is 0.0309. The number of rotatable bonds is 7. The fraction of sp³-hybridized carbons (Fsp3) is 0.304. The van der Waals surface area contributed by atoms with Crippen LogP contribution in [0.15, 0.2) is 47.7 Å². The van der Waals surface area contributed by atoms with E-state index in [0.29, 0.717) is 22.6 Å². The predicted molar refractivity (Wildman–Crippen MR) is 117 cm³/mol. The van der Waals surface area contributed by atoms with Gasteiger partial charge in [0, 0.05) is 24.4 Å². The fourth-order valence-corrected chi connectivity index (χ4v) is 4.09. The van der Waals surface area contributed by atoms with E-state index in [0.717, 1.165) is 25.7 Å². The zero-order valence-corrected chi connectivity index (χ0v) is 18.0. The number of aliphatic carboxylic acids is 1. The van der Waals surface area contributed by atoms with E-state index in [4.69, 9.17) is 14.3 Å². The summed E-state index contributed by atoms with van der Waals surface area (Å²) >= 11 is 0. The number of aromatic nitrogens is 6. The predicted octanol–water partition coefficient (Wildman–Crippen LogP) is 4.14. The van der Waals surface area contributed by atoms with E-state index in [-0.39, 0.29) is 35.8 Å². The third kappa shape index (κ3) is 4.77. The SMILES string of the molecule is O=C(O)C[C@H]1CC[C@@H](Oc2ncc(-c3ccc(-c4nnc(-c5cocn5)[nH]4)c(F)c3)cn2)CC1. The lowest BCUT2D eigenvalue weighted by Gasteiger charge is -2.27. The van der Waals surface area contributed by atoms with E-state index in [9.17, 15) is 9.18 Å². The second-order valence-electron chi connectivity index (χ2n) is 8.20. The van der Waals surface area contributed by atoms with Gasteiger partial charge in [0.05, 0.1) is 5.56 Å². The molecule has 0 saturated heterocycles. The molecule has 5 rings (SSSR count). The molecule has 11 heteroatoms. The first-order valence-electron chi connectivity index (χ1n) is 10.9. The number of hydrogen-bond acceptors (Lipinski definition) is 8. The number of benzene rings is 1. The van der Waals surface area contributed by atoms with Crippen LogP contribution >= 0.6 is 0 Å². The molecule has 174 valence electrons. The fourth-order valence-electron chi connectivity index (χ4n) is 4.09. The Morgan fingerprint density at radius 2 is 1.85 bits per heavy atom. The number of hydrogen-bond donors (Lipinski definition) is 2. The van der Waals surface area contributed by atoms with Gasteiger partial charge in [-0.2, -0.15) is 0 Å². The number of carbonyl (C=O) groups is 1. The molecule has 0 unspecified atom stereocenters. The maximum absolute atomic E-state index is 14.8. The molecular weight excluding hydrogens is 443 g/mol. The van der Waals surface area contributed by atoms with Crippen LogP contribution in [0.5, 0.6) is 6.01 Å². The molecule has 0 amide bonds. The zero-order chi connectivity index (χ0) is 23.5. The van der Waals surface area contributed by atoms with Crippen molar-refractivity contribution in [2.24, 2.45) is 5.92 Å². The van der Waals surface area contributed by atoms with Crippen molar-refractivity contribution < 1.29 is 23.4 Å². The van der Waals surface area contributed by atoms with Crippen molar-refractivity contribution >= 4 is 5.97 Å². The molecule has 10 nitrogen and oxygen atoms in total. The minimum Gasteiger partial charge on any atom is -0.481 e. The molecule has 4 aromatic rings. The number of carboxylic acid groups (broad SMARTS) is 1. The topological polar surface area (TPSA) is 140 Å². The van der Waals surface area contributed by atoms with Gasteiger partial charge < -0.3 is 19.2 Å². The molecule has 3 aromatic heterocycles. The maximum Gasteiger partial charge on any atom is 0.316 e. The quantitative estimate of drug-likeness (QED) is 0.413. The summed E-state index contributed by atoms with van der Waals surface area (Å²) in [6, 6.07) is 5.00. The van der Waals surface area contributed by atoms with Crippen LogP contribution in [0.4, 0.5) is 4.39 Å². The third-order valence-electron chi connectivity index (χ3n) is 5.88. The summed E-state index contributed by atoms with van der Waals surface area (Å²) in [4.78, 5) is 26.3. The molecule has 0 spiro atoms. The molecule has 1 aliphatic rings. The molecule has 0 atom stereocenters. The largest absolute Gasteiger partial charge is 0.481 e. The summed E-state index contributed by atoms with van der Waals surface area (Å²) in [5.41, 5.74) is 2.00. The molecule has 1 aliphatic carbocycles. The van der Waals surface area contributed by atoms with Crippen LogP contribution in [0.2, 0.25) is 0 Å². The second kappa shape index (κ2) is 9.38. The molecule has 3 heterocycles. The standard InChI is InChI=1S/C23H21FN6O4/c24-18-8-14(3-6-17(18)21-28-22(30-29-21)19-11-33-12-27-19)15-9-25-23(26-10-15)34-16-4-1-13(2-5-16)7-20(31)32/h3,6,8-13,16H,1-2,4-5,7H2,(H,31,32)(H,28,29,30)/t13-,16+. The van der Waals surface area contributed by atoms with Crippen LogP contribution in [0, 0.1) is 11.7 Å². The van der Waals surface area contributed by atoms with Crippen LogP contribution in [0.3, 0.4) is 0 Å². The van der Waals surface area contributed by atoms with E-state index >= 15 is 0 Å². The highest BCUT2D eigenvalue weighted by Crippen LogP contribution is 2.30. The Hall–Kier alpha value is -4.15. The Balaban J connectivity index is 1.23. The van der Waals surface area contributed by atoms with Crippen LogP contribution in [0.25, 0.3) is 34.0 Å². The van der Waals surface area contributed by atoms with E-state index in [1.54, 1.807) is 24.5 Å². The van der Waals surface area contributed by atoms with Crippen molar-refractivity contribution in [2.45, 2.75) is 38.2 Å². The van der Waals surface area contributed by atoms with Gasteiger partial charge in [0.2, 0.25) is 0 Å². The lowest BCUT2D eigenvalue weighted by atomic mass is 9.85. The van der Waals surface area contributed by atoms with Gasteiger partial charge in [-0.1, -0.05) is 6.07 Å². The summed E-state index contributed by atoms with van der Waals surface area (Å²) in [5, 5.41) is 16.9. The lowest BCUT2D eigenvalue weighted by Crippen LogP contribution is -2.25. The van der Waals surface area contributed by atoms with Gasteiger partial charge in [0.1, 0.15) is 23.9 Å². The number of nitrogens with zero attached hydrogens (tertiary/aromatic N) is 5. The highest BCUT2D eigenvalue weighted by molar-refractivity contribution is 5.68. The second-order valence-corrected chi connectivity index (χ2v) is 8.20. The van der Waals surface area contributed by atoms with Crippen molar-refractivity contribution in [1.29, 1.82) is 0 Å². The molecular formula is C23H21FN6O4. The first kappa shape index (κ1) is 21.7. The highest BCUT2D eigenvalue weighted by atomic mass is 19.1. The Kier molecular flexibility index (Phi) is 5.98. The molecule has 1 fully saturated rings. The smallest absolute Gasteiger partial charge is 0.316 e. The van der Waals surface area contributed by atoms with Gasteiger partial charge in [0.25, 0.3) is 0 Å². The molecule has 1 saturated carbocycles. The van der Waals surface area contributed by atoms with Gasteiger partial charge in [0.15, 0.2) is 18.0 Å². The third-order valence-corrected chi connectivity index (χ3v) is 5.88. The van der Waals surface area contributed by atoms with Gasteiger partial charge in [-0.25, -0.2) is 19.3 Å². The average molecular weight is 464 g/mol. The first-order chi connectivity index (χ1) is 16.5. The van der Waals surface area contributed by atoms with Gasteiger partial charge in [-0.15, -0.1) is 10.2 Å². The number of oxazole rings is 1. The molecule has 2 N–H and O–H groups in total. The van der Waals surface area contributed by atoms with Crippen LogP contribution in [-0.4, -0.2) is 47.3 Å². The van der Waals surface area contributed by atoms with Crippen molar-refractivity contribution in [3.63, 3.8) is 0 Å². The number of carboxylic acids is 1. The van der Waals surface area contributed by atoms with E-state index < -0.39 is 11.8 Å². The van der Waals surface area contributed by atoms with Crippen LogP contribution in [-0.2, 0) is 4.79 Å². The molecule has 1 aromatic carbocycles. The Labute approximate surface area is 193 Å². The number of halogens is 1. The van der Waals surface area contributed by atoms with Crippen molar-refractivity contribution in [1.82, 2.24) is 30.1 Å². The number of aromatic amines is 1. The summed E-state index contributed by atoms with van der Waals surface area (Å²) < 4.78 is 25.6. The minimum atomic E-state index is -0.759. The zero-order valence-electron chi connectivity index (χ0n) is 18.0. The van der Waals surface area contributed by atoms with Gasteiger partial charge in [-0.3, -0.25) is 4.79 Å². The summed E-state index contributed by atoms with van der Waals surface area (Å²) in [7, 11) is 0. The van der Waals surface area contributed by atoms with Crippen LogP contribution < -0.4 is 4.74 Å². The van der Waals surface area contributed by atoms with Crippen molar-refractivity contribution in [2.75, 3.05) is 0 Å². The summed E-state index contributed by atoms with van der Waals surface area (Å²) in [5.74, 6) is -0.375. The van der Waals surface area contributed by atoms with E-state index in [2.05, 4.69) is 30.1 Å². The van der Waals surface area contributed by atoms with E-state index in [1.165, 1.54) is 18.7 Å². The Morgan fingerprint density at radius 3 is 2.53 bits per heavy atom. The Bertz CT molecular complexity index is 1270. The average Bonchev–Trinajstić information content (AvgIpc) is 3.53. The molecule has 0 aliphatic heterocycles. The lowest BCUT2D eigenvalue weighted by molar-refractivity contribution is -0.138. The first-order valence-corrected chi connectivity index (χ1v) is 10.9. The molecule has 34 heavy (non-hydrogen) atoms. The number of ether oxygens (including phenoxy) is 1. The van der Waals surface area contributed by atoms with Crippen molar-refractivity contribution in [3.8, 4) is 40.0 Å². The van der Waals surface area contributed by atoms with Gasteiger partial charge >= 0.3 is 12.0 Å². The van der Waals surface area contributed by atoms with Gasteiger partial charge in [-0.05, 0) is 49.3 Å². The van der Waals surface area contributed by atoms with Crippen molar-refractivity contribution in [3.05, 3.63) is 49.1 Å². The maximum atomic E-state index is 14.8. The van der Waals surface area contributed by atoms with Crippen LogP contribution in [0.1, 0.15) is 32.1 Å². The Morgan fingerprint density at radius 1 is 1.09 bits per heavy atom.